The van der Waals surface area contributed by atoms with Crippen molar-refractivity contribution < 1.29 is 13.7 Å². The summed E-state index contributed by atoms with van der Waals surface area (Å²) in [5.74, 6) is -1.71. The standard InChI is InChI=1S/C14H17F2N3O2/c15-10-4-5-12(19(20)21)14(13(10)16)18-6-8-2-1-3-11(17)9(8)7-18/h4-5,8-9,11H,1-3,6-7,17H2. The number of anilines is 1. The average Bonchev–Trinajstić information content (AvgIpc) is 2.86. The third kappa shape index (κ3) is 2.35. The fourth-order valence-electron chi connectivity index (χ4n) is 3.68. The van der Waals surface area contributed by atoms with Gasteiger partial charge in [-0.25, -0.2) is 8.78 Å². The van der Waals surface area contributed by atoms with E-state index in [9.17, 15) is 18.9 Å². The second-order valence-corrected chi connectivity index (χ2v) is 5.91. The zero-order chi connectivity index (χ0) is 15.1. The first-order valence-electron chi connectivity index (χ1n) is 7.12. The number of nitro groups is 1. The van der Waals surface area contributed by atoms with Gasteiger partial charge in [-0.3, -0.25) is 10.1 Å². The van der Waals surface area contributed by atoms with Crippen LogP contribution in [0.5, 0.6) is 0 Å². The minimum atomic E-state index is -1.14. The van der Waals surface area contributed by atoms with Gasteiger partial charge in [-0.1, -0.05) is 6.42 Å². The summed E-state index contributed by atoms with van der Waals surface area (Å²) in [7, 11) is 0. The van der Waals surface area contributed by atoms with Gasteiger partial charge in [-0.05, 0) is 30.7 Å². The molecule has 1 heterocycles. The van der Waals surface area contributed by atoms with Gasteiger partial charge in [-0.2, -0.15) is 0 Å². The van der Waals surface area contributed by atoms with Gasteiger partial charge < -0.3 is 10.6 Å². The largest absolute Gasteiger partial charge is 0.363 e. The van der Waals surface area contributed by atoms with Crippen molar-refractivity contribution in [2.75, 3.05) is 18.0 Å². The van der Waals surface area contributed by atoms with Crippen molar-refractivity contribution in [3.05, 3.63) is 33.9 Å². The number of benzene rings is 1. The molecule has 1 saturated carbocycles. The Kier molecular flexibility index (Phi) is 3.52. The highest BCUT2D eigenvalue weighted by Gasteiger charge is 2.41. The molecular weight excluding hydrogens is 280 g/mol. The Morgan fingerprint density at radius 1 is 1.29 bits per heavy atom. The maximum absolute atomic E-state index is 14.1. The highest BCUT2D eigenvalue weighted by molar-refractivity contribution is 5.65. The summed E-state index contributed by atoms with van der Waals surface area (Å²) in [5.41, 5.74) is 5.48. The second kappa shape index (κ2) is 5.22. The number of hydrogen-bond acceptors (Lipinski definition) is 4. The third-order valence-corrected chi connectivity index (χ3v) is 4.71. The monoisotopic (exact) mass is 297 g/mol. The first kappa shape index (κ1) is 14.2. The van der Waals surface area contributed by atoms with Crippen LogP contribution in [0.4, 0.5) is 20.2 Å². The van der Waals surface area contributed by atoms with Crippen LogP contribution in [0.15, 0.2) is 12.1 Å². The fraction of sp³-hybridized carbons (Fsp3) is 0.571. The van der Waals surface area contributed by atoms with Crippen LogP contribution in [-0.4, -0.2) is 24.1 Å². The molecule has 0 spiro atoms. The quantitative estimate of drug-likeness (QED) is 0.672. The number of rotatable bonds is 2. The Balaban J connectivity index is 1.98. The lowest BCUT2D eigenvalue weighted by atomic mass is 9.78. The average molecular weight is 297 g/mol. The van der Waals surface area contributed by atoms with E-state index in [2.05, 4.69) is 0 Å². The molecule has 1 aliphatic heterocycles. The molecule has 5 nitrogen and oxygen atoms in total. The molecule has 1 aromatic carbocycles. The van der Waals surface area contributed by atoms with E-state index in [1.165, 1.54) is 0 Å². The van der Waals surface area contributed by atoms with E-state index < -0.39 is 16.6 Å². The minimum Gasteiger partial charge on any atom is -0.363 e. The van der Waals surface area contributed by atoms with Crippen molar-refractivity contribution in [3.8, 4) is 0 Å². The SMILES string of the molecule is NC1CCCC2CN(c3c([N+](=O)[O-])ccc(F)c3F)CC12. The lowest BCUT2D eigenvalue weighted by Gasteiger charge is -2.29. The molecule has 1 aliphatic carbocycles. The van der Waals surface area contributed by atoms with E-state index in [-0.39, 0.29) is 23.3 Å². The smallest absolute Gasteiger partial charge is 0.295 e. The number of nitrogens with two attached hydrogens (primary N) is 1. The number of nitro benzene ring substituents is 1. The molecule has 114 valence electrons. The van der Waals surface area contributed by atoms with E-state index in [0.717, 1.165) is 31.4 Å². The van der Waals surface area contributed by atoms with Crippen LogP contribution in [0.2, 0.25) is 0 Å². The zero-order valence-corrected chi connectivity index (χ0v) is 11.5. The Hall–Kier alpha value is -1.76. The molecule has 1 saturated heterocycles. The zero-order valence-electron chi connectivity index (χ0n) is 11.5. The Morgan fingerprint density at radius 3 is 2.71 bits per heavy atom. The highest BCUT2D eigenvalue weighted by Crippen LogP contribution is 2.41. The van der Waals surface area contributed by atoms with Crippen LogP contribution < -0.4 is 10.6 Å². The summed E-state index contributed by atoms with van der Waals surface area (Å²) in [6, 6.07) is 1.85. The van der Waals surface area contributed by atoms with Crippen LogP contribution in [0.1, 0.15) is 19.3 Å². The molecule has 0 bridgehead atoms. The molecule has 0 amide bonds. The van der Waals surface area contributed by atoms with Gasteiger partial charge in [-0.15, -0.1) is 0 Å². The van der Waals surface area contributed by atoms with E-state index in [1.54, 1.807) is 4.90 Å². The van der Waals surface area contributed by atoms with Crippen molar-refractivity contribution in [2.45, 2.75) is 25.3 Å². The number of nitrogens with zero attached hydrogens (tertiary/aromatic N) is 2. The molecule has 1 aromatic rings. The number of hydrogen-bond donors (Lipinski definition) is 1. The lowest BCUT2D eigenvalue weighted by molar-refractivity contribution is -0.384. The lowest BCUT2D eigenvalue weighted by Crippen LogP contribution is -2.38. The van der Waals surface area contributed by atoms with Crippen LogP contribution >= 0.6 is 0 Å². The van der Waals surface area contributed by atoms with Crippen LogP contribution in [-0.2, 0) is 0 Å². The second-order valence-electron chi connectivity index (χ2n) is 5.91. The molecule has 2 N–H and O–H groups in total. The number of fused-ring (bicyclic) bond motifs is 1. The molecule has 7 heteroatoms. The van der Waals surface area contributed by atoms with Crippen LogP contribution in [0.25, 0.3) is 0 Å². The molecule has 0 radical (unpaired) electrons. The maximum Gasteiger partial charge on any atom is 0.295 e. The van der Waals surface area contributed by atoms with Gasteiger partial charge in [0.05, 0.1) is 4.92 Å². The highest BCUT2D eigenvalue weighted by atomic mass is 19.2. The summed E-state index contributed by atoms with van der Waals surface area (Å²) in [5, 5.41) is 11.1. The van der Waals surface area contributed by atoms with Crippen LogP contribution in [0, 0.1) is 33.6 Å². The van der Waals surface area contributed by atoms with Gasteiger partial charge in [0.15, 0.2) is 17.3 Å². The Morgan fingerprint density at radius 2 is 2.05 bits per heavy atom. The van der Waals surface area contributed by atoms with Crippen LogP contribution in [0.3, 0.4) is 0 Å². The molecule has 3 rings (SSSR count). The maximum atomic E-state index is 14.1. The third-order valence-electron chi connectivity index (χ3n) is 4.71. The van der Waals surface area contributed by atoms with E-state index in [0.29, 0.717) is 19.0 Å². The Bertz CT molecular complexity index is 582. The van der Waals surface area contributed by atoms with E-state index in [4.69, 9.17) is 5.73 Å². The normalized spacial score (nSPS) is 28.5. The molecule has 3 unspecified atom stereocenters. The topological polar surface area (TPSA) is 72.4 Å². The Labute approximate surface area is 120 Å². The summed E-state index contributed by atoms with van der Waals surface area (Å²) in [4.78, 5) is 12.0. The predicted molar refractivity (Wildman–Crippen MR) is 74.0 cm³/mol. The summed E-state index contributed by atoms with van der Waals surface area (Å²) in [6.07, 6.45) is 2.92. The number of halogens is 2. The fourth-order valence-corrected chi connectivity index (χ4v) is 3.68. The van der Waals surface area contributed by atoms with Crippen molar-refractivity contribution in [1.82, 2.24) is 0 Å². The first-order valence-corrected chi connectivity index (χ1v) is 7.12. The molecule has 3 atom stereocenters. The van der Waals surface area contributed by atoms with Gasteiger partial charge >= 0.3 is 0 Å². The molecular formula is C14H17F2N3O2. The van der Waals surface area contributed by atoms with Gasteiger partial charge in [0.2, 0.25) is 0 Å². The van der Waals surface area contributed by atoms with E-state index in [1.807, 2.05) is 0 Å². The summed E-state index contributed by atoms with van der Waals surface area (Å²) >= 11 is 0. The summed E-state index contributed by atoms with van der Waals surface area (Å²) < 4.78 is 27.6. The minimum absolute atomic E-state index is 0.0319. The van der Waals surface area contributed by atoms with Gasteiger partial charge in [0.1, 0.15) is 0 Å². The molecule has 2 fully saturated rings. The molecule has 21 heavy (non-hydrogen) atoms. The first-order chi connectivity index (χ1) is 9.99. The molecule has 0 aromatic heterocycles. The predicted octanol–water partition coefficient (Wildman–Crippen LogP) is 2.44. The summed E-state index contributed by atoms with van der Waals surface area (Å²) in [6.45, 7) is 0.951. The molecule has 2 aliphatic rings. The van der Waals surface area contributed by atoms with E-state index >= 15 is 0 Å². The van der Waals surface area contributed by atoms with Gasteiger partial charge in [0, 0.05) is 25.2 Å². The van der Waals surface area contributed by atoms with Crippen molar-refractivity contribution in [1.29, 1.82) is 0 Å². The van der Waals surface area contributed by atoms with Crippen molar-refractivity contribution in [3.63, 3.8) is 0 Å². The van der Waals surface area contributed by atoms with Crippen molar-refractivity contribution >= 4 is 11.4 Å². The van der Waals surface area contributed by atoms with Crippen molar-refractivity contribution in [2.24, 2.45) is 17.6 Å². The van der Waals surface area contributed by atoms with Gasteiger partial charge in [0.25, 0.3) is 5.69 Å².